The summed E-state index contributed by atoms with van der Waals surface area (Å²) in [5, 5.41) is 6.92. The van der Waals surface area contributed by atoms with Crippen LogP contribution in [0.15, 0.2) is 42.7 Å². The number of hydrogen-bond donors (Lipinski definition) is 1. The van der Waals surface area contributed by atoms with Crippen LogP contribution in [-0.4, -0.2) is 22.2 Å². The number of rotatable bonds is 5. The molecule has 0 aliphatic rings. The van der Waals surface area contributed by atoms with Crippen LogP contribution in [0.4, 0.5) is 0 Å². The molecule has 0 fully saturated rings. The first kappa shape index (κ1) is 14.1. The molecule has 0 aliphatic heterocycles. The number of hydrogen-bond acceptors (Lipinski definition) is 2. The predicted molar refractivity (Wildman–Crippen MR) is 80.1 cm³/mol. The molecule has 2 aromatic rings. The van der Waals surface area contributed by atoms with Crippen LogP contribution in [-0.2, 0) is 18.3 Å². The Hall–Kier alpha value is -2.36. The van der Waals surface area contributed by atoms with E-state index in [0.29, 0.717) is 6.54 Å². The van der Waals surface area contributed by atoms with Crippen molar-refractivity contribution in [1.82, 2.24) is 15.1 Å². The second-order valence-corrected chi connectivity index (χ2v) is 4.75. The summed E-state index contributed by atoms with van der Waals surface area (Å²) in [5.74, 6) is -0.0811. The van der Waals surface area contributed by atoms with Crippen LogP contribution in [0, 0.1) is 6.92 Å². The van der Waals surface area contributed by atoms with Crippen LogP contribution in [0.1, 0.15) is 16.7 Å². The van der Waals surface area contributed by atoms with E-state index in [4.69, 9.17) is 0 Å². The zero-order valence-electron chi connectivity index (χ0n) is 11.8. The van der Waals surface area contributed by atoms with E-state index in [1.54, 1.807) is 17.0 Å². The molecule has 4 heteroatoms. The zero-order chi connectivity index (χ0) is 14.4. The summed E-state index contributed by atoms with van der Waals surface area (Å²) in [5.41, 5.74) is 3.44. The number of benzene rings is 1. The molecule has 0 saturated carbocycles. The average molecular weight is 269 g/mol. The van der Waals surface area contributed by atoms with Gasteiger partial charge in [-0.15, -0.1) is 0 Å². The van der Waals surface area contributed by atoms with E-state index >= 15 is 0 Å². The van der Waals surface area contributed by atoms with Gasteiger partial charge >= 0.3 is 0 Å². The zero-order valence-corrected chi connectivity index (χ0v) is 11.8. The van der Waals surface area contributed by atoms with Crippen molar-refractivity contribution in [3.63, 3.8) is 0 Å². The number of carbonyl (C=O) groups is 1. The average Bonchev–Trinajstić information content (AvgIpc) is 2.84. The molecule has 1 N–H and O–H groups in total. The van der Waals surface area contributed by atoms with Crippen molar-refractivity contribution in [3.05, 3.63) is 59.4 Å². The molecule has 0 aliphatic carbocycles. The summed E-state index contributed by atoms with van der Waals surface area (Å²) in [6.07, 6.45) is 7.72. The fraction of sp³-hybridized carbons (Fsp3) is 0.250. The summed E-state index contributed by atoms with van der Waals surface area (Å²) >= 11 is 0. The van der Waals surface area contributed by atoms with Gasteiger partial charge in [0, 0.05) is 31.4 Å². The van der Waals surface area contributed by atoms with Crippen LogP contribution in [0.2, 0.25) is 0 Å². The van der Waals surface area contributed by atoms with Crippen molar-refractivity contribution in [2.45, 2.75) is 13.3 Å². The lowest BCUT2D eigenvalue weighted by atomic mass is 10.1. The molecule has 1 aromatic heterocycles. The Morgan fingerprint density at radius 3 is 2.90 bits per heavy atom. The molecule has 1 heterocycles. The maximum absolute atomic E-state index is 11.7. The first-order valence-electron chi connectivity index (χ1n) is 6.64. The summed E-state index contributed by atoms with van der Waals surface area (Å²) in [6.45, 7) is 2.72. The summed E-state index contributed by atoms with van der Waals surface area (Å²) in [7, 11) is 1.85. The molecule has 0 atom stereocenters. The molecular weight excluding hydrogens is 250 g/mol. The number of aryl methyl sites for hydroxylation is 2. The number of nitrogens with zero attached hydrogens (tertiary/aromatic N) is 2. The van der Waals surface area contributed by atoms with E-state index in [0.717, 1.165) is 12.0 Å². The molecule has 0 bridgehead atoms. The van der Waals surface area contributed by atoms with Crippen molar-refractivity contribution in [3.8, 4) is 0 Å². The van der Waals surface area contributed by atoms with Gasteiger partial charge in [-0.05, 0) is 30.5 Å². The van der Waals surface area contributed by atoms with Gasteiger partial charge in [-0.25, -0.2) is 0 Å². The topological polar surface area (TPSA) is 46.9 Å². The first-order chi connectivity index (χ1) is 9.65. The summed E-state index contributed by atoms with van der Waals surface area (Å²) in [4.78, 5) is 11.7. The highest BCUT2D eigenvalue weighted by molar-refractivity contribution is 5.91. The predicted octanol–water partition coefficient (Wildman–Crippen LogP) is 2.10. The molecule has 104 valence electrons. The number of amides is 1. The Morgan fingerprint density at radius 1 is 1.40 bits per heavy atom. The third kappa shape index (κ3) is 4.09. The smallest absolute Gasteiger partial charge is 0.244 e. The Kier molecular flexibility index (Phi) is 4.71. The normalized spacial score (nSPS) is 10.9. The van der Waals surface area contributed by atoms with E-state index in [2.05, 4.69) is 29.5 Å². The first-order valence-corrected chi connectivity index (χ1v) is 6.64. The molecule has 2 rings (SSSR count). The number of nitrogens with one attached hydrogen (secondary N) is 1. The molecule has 1 aromatic carbocycles. The van der Waals surface area contributed by atoms with E-state index in [1.165, 1.54) is 17.2 Å². The van der Waals surface area contributed by atoms with Crippen LogP contribution in [0.25, 0.3) is 6.08 Å². The van der Waals surface area contributed by atoms with Crippen molar-refractivity contribution >= 4 is 12.0 Å². The van der Waals surface area contributed by atoms with Gasteiger partial charge in [0.1, 0.15) is 0 Å². The summed E-state index contributed by atoms with van der Waals surface area (Å²) in [6, 6.07) is 8.22. The minimum absolute atomic E-state index is 0.0811. The lowest BCUT2D eigenvalue weighted by molar-refractivity contribution is -0.116. The molecule has 0 saturated heterocycles. The third-order valence-electron chi connectivity index (χ3n) is 3.11. The highest BCUT2D eigenvalue weighted by Gasteiger charge is 1.99. The van der Waals surface area contributed by atoms with E-state index in [1.807, 2.05) is 25.4 Å². The fourth-order valence-electron chi connectivity index (χ4n) is 1.97. The number of aromatic nitrogens is 2. The molecule has 0 unspecified atom stereocenters. The van der Waals surface area contributed by atoms with Crippen LogP contribution in [0.3, 0.4) is 0 Å². The highest BCUT2D eigenvalue weighted by Crippen LogP contribution is 2.06. The van der Waals surface area contributed by atoms with Gasteiger partial charge in [0.25, 0.3) is 0 Å². The molecule has 0 radical (unpaired) electrons. The largest absolute Gasteiger partial charge is 0.352 e. The van der Waals surface area contributed by atoms with Crippen LogP contribution < -0.4 is 5.32 Å². The Balaban J connectivity index is 1.78. The van der Waals surface area contributed by atoms with Gasteiger partial charge in [-0.1, -0.05) is 24.3 Å². The fourth-order valence-corrected chi connectivity index (χ4v) is 1.97. The molecule has 1 amide bonds. The van der Waals surface area contributed by atoms with Crippen molar-refractivity contribution in [1.29, 1.82) is 0 Å². The maximum Gasteiger partial charge on any atom is 0.244 e. The molecule has 0 spiro atoms. The minimum Gasteiger partial charge on any atom is -0.352 e. The lowest BCUT2D eigenvalue weighted by Crippen LogP contribution is -2.23. The van der Waals surface area contributed by atoms with Crippen molar-refractivity contribution < 1.29 is 4.79 Å². The maximum atomic E-state index is 11.7. The van der Waals surface area contributed by atoms with E-state index in [9.17, 15) is 4.79 Å². The van der Waals surface area contributed by atoms with Crippen molar-refractivity contribution in [2.75, 3.05) is 6.54 Å². The van der Waals surface area contributed by atoms with Crippen LogP contribution >= 0.6 is 0 Å². The minimum atomic E-state index is -0.0811. The van der Waals surface area contributed by atoms with Gasteiger partial charge in [-0.2, -0.15) is 5.10 Å². The monoisotopic (exact) mass is 269 g/mol. The Morgan fingerprint density at radius 2 is 2.20 bits per heavy atom. The van der Waals surface area contributed by atoms with Crippen molar-refractivity contribution in [2.24, 2.45) is 7.05 Å². The lowest BCUT2D eigenvalue weighted by Gasteiger charge is -2.05. The van der Waals surface area contributed by atoms with Crippen LogP contribution in [0.5, 0.6) is 0 Å². The Bertz CT molecular complexity index is 614. The molecule has 20 heavy (non-hydrogen) atoms. The standard InChI is InChI=1S/C16H19N3O/c1-13-5-3-4-6-15(13)9-10-17-16(20)8-7-14-11-18-19(2)12-14/h3-8,11-12H,9-10H2,1-2H3,(H,17,20)/b8-7+. The van der Waals surface area contributed by atoms with Gasteiger partial charge in [0.15, 0.2) is 0 Å². The Labute approximate surface area is 119 Å². The highest BCUT2D eigenvalue weighted by atomic mass is 16.1. The quantitative estimate of drug-likeness (QED) is 0.845. The second kappa shape index (κ2) is 6.70. The van der Waals surface area contributed by atoms with Gasteiger partial charge < -0.3 is 5.32 Å². The third-order valence-corrected chi connectivity index (χ3v) is 3.11. The SMILES string of the molecule is Cc1ccccc1CCNC(=O)/C=C/c1cnn(C)c1. The number of carbonyl (C=O) groups excluding carboxylic acids is 1. The van der Waals surface area contributed by atoms with Gasteiger partial charge in [0.05, 0.1) is 6.20 Å². The van der Waals surface area contributed by atoms with E-state index in [-0.39, 0.29) is 5.91 Å². The van der Waals surface area contributed by atoms with E-state index < -0.39 is 0 Å². The van der Waals surface area contributed by atoms with Gasteiger partial charge in [-0.3, -0.25) is 9.48 Å². The molecule has 4 nitrogen and oxygen atoms in total. The summed E-state index contributed by atoms with van der Waals surface area (Å²) < 4.78 is 1.70. The molecular formula is C16H19N3O. The van der Waals surface area contributed by atoms with Gasteiger partial charge in [0.2, 0.25) is 5.91 Å². The second-order valence-electron chi connectivity index (χ2n) is 4.75.